The van der Waals surface area contributed by atoms with Crippen molar-refractivity contribution >= 4 is 12.0 Å². The molecule has 0 unspecified atom stereocenters. The van der Waals surface area contributed by atoms with Gasteiger partial charge >= 0.3 is 6.18 Å². The molecule has 0 saturated heterocycles. The molecule has 2 nitrogen and oxygen atoms in total. The van der Waals surface area contributed by atoms with E-state index in [0.717, 1.165) is 17.7 Å². The molecule has 2 aromatic carbocycles. The Labute approximate surface area is 131 Å². The summed E-state index contributed by atoms with van der Waals surface area (Å²) in [5, 5.41) is 2.84. The van der Waals surface area contributed by atoms with Crippen LogP contribution in [-0.2, 0) is 12.6 Å². The number of halogens is 4. The van der Waals surface area contributed by atoms with Gasteiger partial charge < -0.3 is 5.32 Å². The molecule has 0 saturated carbocycles. The lowest BCUT2D eigenvalue weighted by Crippen LogP contribution is -2.06. The lowest BCUT2D eigenvalue weighted by Gasteiger charge is -2.12. The first-order valence-electron chi connectivity index (χ1n) is 6.93. The normalized spacial score (nSPS) is 11.9. The van der Waals surface area contributed by atoms with Crippen molar-refractivity contribution in [3.05, 3.63) is 64.5 Å². The number of hydrogen-bond acceptors (Lipinski definition) is 1. The fraction of sp³-hybridized carbons (Fsp3) is 0.235. The molecule has 2 aromatic rings. The fourth-order valence-electron chi connectivity index (χ4n) is 2.24. The summed E-state index contributed by atoms with van der Waals surface area (Å²) in [5.41, 5.74) is 1.38. The van der Waals surface area contributed by atoms with Crippen LogP contribution in [0.15, 0.2) is 41.4 Å². The molecule has 0 radical (unpaired) electrons. The van der Waals surface area contributed by atoms with Crippen LogP contribution in [-0.4, -0.2) is 13.4 Å². The third kappa shape index (κ3) is 4.31. The van der Waals surface area contributed by atoms with Crippen molar-refractivity contribution in [1.82, 2.24) is 0 Å². The standard InChI is InChI=1S/C17H16F4N2/c1-11-6-13(15(18)9-16(11)23-10-22-2)7-12-4-3-5-14(8-12)17(19,20)21/h3-6,8-10H,7H2,1-2H3,(H,22,23). The summed E-state index contributed by atoms with van der Waals surface area (Å²) in [5.74, 6) is -0.472. The summed E-state index contributed by atoms with van der Waals surface area (Å²) in [4.78, 5) is 3.76. The van der Waals surface area contributed by atoms with E-state index in [4.69, 9.17) is 0 Å². The second-order valence-electron chi connectivity index (χ2n) is 5.17. The first-order valence-corrected chi connectivity index (χ1v) is 6.93. The number of anilines is 1. The molecule has 23 heavy (non-hydrogen) atoms. The maximum absolute atomic E-state index is 14.2. The van der Waals surface area contributed by atoms with Crippen LogP contribution >= 0.6 is 0 Å². The highest BCUT2D eigenvalue weighted by atomic mass is 19.4. The molecule has 0 aliphatic rings. The highest BCUT2D eigenvalue weighted by Crippen LogP contribution is 2.30. The van der Waals surface area contributed by atoms with Crippen molar-refractivity contribution in [2.45, 2.75) is 19.5 Å². The SMILES string of the molecule is CN=CNc1cc(F)c(Cc2cccc(C(F)(F)F)c2)cc1C. The smallest absolute Gasteiger partial charge is 0.346 e. The van der Waals surface area contributed by atoms with Crippen molar-refractivity contribution < 1.29 is 17.6 Å². The molecule has 0 spiro atoms. The van der Waals surface area contributed by atoms with Gasteiger partial charge in [-0.25, -0.2) is 4.39 Å². The average molecular weight is 324 g/mol. The van der Waals surface area contributed by atoms with Gasteiger partial charge in [-0.3, -0.25) is 4.99 Å². The molecule has 1 N–H and O–H groups in total. The molecule has 0 amide bonds. The Kier molecular flexibility index (Phi) is 5.03. The molecule has 0 aromatic heterocycles. The maximum atomic E-state index is 14.2. The van der Waals surface area contributed by atoms with Gasteiger partial charge in [-0.2, -0.15) is 13.2 Å². The summed E-state index contributed by atoms with van der Waals surface area (Å²) >= 11 is 0. The Morgan fingerprint density at radius 1 is 1.17 bits per heavy atom. The summed E-state index contributed by atoms with van der Waals surface area (Å²) in [6, 6.07) is 7.88. The lowest BCUT2D eigenvalue weighted by atomic mass is 10.00. The van der Waals surface area contributed by atoms with E-state index >= 15 is 0 Å². The van der Waals surface area contributed by atoms with Crippen LogP contribution in [0.25, 0.3) is 0 Å². The summed E-state index contributed by atoms with van der Waals surface area (Å²) in [6.45, 7) is 1.79. The van der Waals surface area contributed by atoms with Crippen LogP contribution in [0.5, 0.6) is 0 Å². The Bertz CT molecular complexity index is 721. The minimum Gasteiger partial charge on any atom is -0.346 e. The van der Waals surface area contributed by atoms with E-state index in [1.165, 1.54) is 18.5 Å². The molecule has 122 valence electrons. The van der Waals surface area contributed by atoms with Gasteiger partial charge in [-0.15, -0.1) is 0 Å². The first kappa shape index (κ1) is 17.0. The summed E-state index contributed by atoms with van der Waals surface area (Å²) in [7, 11) is 1.58. The van der Waals surface area contributed by atoms with E-state index in [2.05, 4.69) is 10.3 Å². The maximum Gasteiger partial charge on any atom is 0.416 e. The predicted molar refractivity (Wildman–Crippen MR) is 83.4 cm³/mol. The zero-order chi connectivity index (χ0) is 17.0. The molecular weight excluding hydrogens is 308 g/mol. The van der Waals surface area contributed by atoms with E-state index in [0.29, 0.717) is 16.8 Å². The van der Waals surface area contributed by atoms with Crippen LogP contribution < -0.4 is 5.32 Å². The molecule has 0 aliphatic carbocycles. The number of aliphatic imine (C=N–C) groups is 1. The molecule has 0 bridgehead atoms. The second kappa shape index (κ2) is 6.81. The quantitative estimate of drug-likeness (QED) is 0.487. The van der Waals surface area contributed by atoms with Crippen molar-refractivity contribution in [2.75, 3.05) is 12.4 Å². The highest BCUT2D eigenvalue weighted by Gasteiger charge is 2.30. The van der Waals surface area contributed by atoms with E-state index in [1.807, 2.05) is 0 Å². The molecule has 6 heteroatoms. The van der Waals surface area contributed by atoms with Gasteiger partial charge in [0.1, 0.15) is 5.82 Å². The Morgan fingerprint density at radius 3 is 2.57 bits per heavy atom. The zero-order valence-electron chi connectivity index (χ0n) is 12.7. The monoisotopic (exact) mass is 324 g/mol. The van der Waals surface area contributed by atoms with Gasteiger partial charge in [0.2, 0.25) is 0 Å². The minimum atomic E-state index is -4.41. The minimum absolute atomic E-state index is 0.0960. The van der Waals surface area contributed by atoms with E-state index < -0.39 is 17.6 Å². The van der Waals surface area contributed by atoms with Crippen molar-refractivity contribution in [3.8, 4) is 0 Å². The van der Waals surface area contributed by atoms with Gasteiger partial charge in [-0.05, 0) is 35.7 Å². The van der Waals surface area contributed by atoms with Gasteiger partial charge in [0, 0.05) is 19.2 Å². The zero-order valence-corrected chi connectivity index (χ0v) is 12.7. The summed E-state index contributed by atoms with van der Waals surface area (Å²) in [6.07, 6.45) is -2.87. The van der Waals surface area contributed by atoms with Gasteiger partial charge in [-0.1, -0.05) is 24.3 Å². The largest absolute Gasteiger partial charge is 0.416 e. The lowest BCUT2D eigenvalue weighted by molar-refractivity contribution is -0.137. The molecule has 0 aliphatic heterocycles. The number of hydrogen-bond donors (Lipinski definition) is 1. The molecule has 2 rings (SSSR count). The van der Waals surface area contributed by atoms with Gasteiger partial charge in [0.25, 0.3) is 0 Å². The Morgan fingerprint density at radius 2 is 1.91 bits per heavy atom. The fourth-order valence-corrected chi connectivity index (χ4v) is 2.24. The predicted octanol–water partition coefficient (Wildman–Crippen LogP) is 4.81. The van der Waals surface area contributed by atoms with Crippen molar-refractivity contribution in [3.63, 3.8) is 0 Å². The summed E-state index contributed by atoms with van der Waals surface area (Å²) < 4.78 is 52.4. The van der Waals surface area contributed by atoms with E-state index in [1.54, 1.807) is 26.1 Å². The van der Waals surface area contributed by atoms with E-state index in [-0.39, 0.29) is 6.42 Å². The topological polar surface area (TPSA) is 24.4 Å². The van der Waals surface area contributed by atoms with Gasteiger partial charge in [0.15, 0.2) is 0 Å². The van der Waals surface area contributed by atoms with Crippen LogP contribution in [0.1, 0.15) is 22.3 Å². The van der Waals surface area contributed by atoms with Crippen LogP contribution in [0.3, 0.4) is 0 Å². The molecule has 0 fully saturated rings. The van der Waals surface area contributed by atoms with Crippen molar-refractivity contribution in [1.29, 1.82) is 0 Å². The number of alkyl halides is 3. The Balaban J connectivity index is 2.29. The number of benzene rings is 2. The van der Waals surface area contributed by atoms with Crippen LogP contribution in [0, 0.1) is 12.7 Å². The van der Waals surface area contributed by atoms with Crippen molar-refractivity contribution in [2.24, 2.45) is 4.99 Å². The second-order valence-corrected chi connectivity index (χ2v) is 5.17. The highest BCUT2D eigenvalue weighted by molar-refractivity contribution is 5.77. The molecule has 0 heterocycles. The number of aryl methyl sites for hydroxylation is 1. The number of nitrogens with zero attached hydrogens (tertiary/aromatic N) is 1. The first-order chi connectivity index (χ1) is 10.8. The average Bonchev–Trinajstić information content (AvgIpc) is 2.49. The number of rotatable bonds is 4. The number of nitrogens with one attached hydrogen (secondary N) is 1. The van der Waals surface area contributed by atoms with Crippen LogP contribution in [0.4, 0.5) is 23.2 Å². The van der Waals surface area contributed by atoms with E-state index in [9.17, 15) is 17.6 Å². The Hall–Kier alpha value is -2.37. The van der Waals surface area contributed by atoms with Gasteiger partial charge in [0.05, 0.1) is 11.9 Å². The third-order valence-electron chi connectivity index (χ3n) is 3.39. The third-order valence-corrected chi connectivity index (χ3v) is 3.39. The molecule has 0 atom stereocenters. The molecular formula is C17H16F4N2. The van der Waals surface area contributed by atoms with Crippen LogP contribution in [0.2, 0.25) is 0 Å².